The molecule has 2 heterocycles. The van der Waals surface area contributed by atoms with Crippen molar-refractivity contribution in [1.29, 1.82) is 0 Å². The van der Waals surface area contributed by atoms with Crippen LogP contribution in [0, 0.1) is 18.6 Å². The summed E-state index contributed by atoms with van der Waals surface area (Å²) in [6, 6.07) is 5.13. The molecule has 150 valence electrons. The maximum atomic E-state index is 13.6. The van der Waals surface area contributed by atoms with Gasteiger partial charge in [0, 0.05) is 38.3 Å². The summed E-state index contributed by atoms with van der Waals surface area (Å²) in [5, 5.41) is 5.91. The van der Waals surface area contributed by atoms with Crippen molar-refractivity contribution < 1.29 is 13.6 Å². The molecule has 0 bridgehead atoms. The van der Waals surface area contributed by atoms with Crippen LogP contribution in [0.25, 0.3) is 0 Å². The van der Waals surface area contributed by atoms with E-state index in [1.165, 1.54) is 25.3 Å². The molecule has 1 amide bonds. The first-order chi connectivity index (χ1) is 13.5. The van der Waals surface area contributed by atoms with Gasteiger partial charge in [-0.3, -0.25) is 4.79 Å². The van der Waals surface area contributed by atoms with Crippen LogP contribution < -0.4 is 15.5 Å². The Morgan fingerprint density at radius 1 is 1.11 bits per heavy atom. The van der Waals surface area contributed by atoms with Crippen LogP contribution >= 0.6 is 0 Å². The van der Waals surface area contributed by atoms with Crippen LogP contribution in [0.2, 0.25) is 0 Å². The highest BCUT2D eigenvalue weighted by Gasteiger charge is 2.14. The monoisotopic (exact) mass is 389 g/mol. The molecule has 0 saturated carbocycles. The van der Waals surface area contributed by atoms with Crippen LogP contribution in [0.4, 0.5) is 20.4 Å². The number of halogens is 2. The predicted molar refractivity (Wildman–Crippen MR) is 104 cm³/mol. The van der Waals surface area contributed by atoms with Gasteiger partial charge in [-0.15, -0.1) is 0 Å². The number of benzene rings is 1. The van der Waals surface area contributed by atoms with E-state index < -0.39 is 11.6 Å². The molecule has 0 spiro atoms. The Morgan fingerprint density at radius 3 is 2.64 bits per heavy atom. The average Bonchev–Trinajstić information content (AvgIpc) is 2.68. The number of carbonyl (C=O) groups is 1. The zero-order valence-corrected chi connectivity index (χ0v) is 16.0. The SMILES string of the molecule is Cc1nc(NCCNC(=O)Cc2ccc(F)cc2F)cc(N2CCCCC2)n1. The minimum atomic E-state index is -0.713. The molecule has 0 radical (unpaired) electrons. The van der Waals surface area contributed by atoms with Crippen molar-refractivity contribution in [3.8, 4) is 0 Å². The summed E-state index contributed by atoms with van der Waals surface area (Å²) in [5.74, 6) is 0.643. The number of rotatable bonds is 7. The first-order valence-electron chi connectivity index (χ1n) is 9.56. The van der Waals surface area contributed by atoms with E-state index in [2.05, 4.69) is 25.5 Å². The summed E-state index contributed by atoms with van der Waals surface area (Å²) < 4.78 is 26.5. The summed E-state index contributed by atoms with van der Waals surface area (Å²) in [6.45, 7) is 4.71. The van der Waals surface area contributed by atoms with Gasteiger partial charge in [0.2, 0.25) is 5.91 Å². The standard InChI is InChI=1S/C20H25F2N5O/c1-14-25-18(13-19(26-14)27-9-3-2-4-10-27)23-7-8-24-20(28)11-15-5-6-16(21)12-17(15)22/h5-6,12-13H,2-4,7-11H2,1H3,(H,24,28)(H,23,25,26). The number of amides is 1. The highest BCUT2D eigenvalue weighted by atomic mass is 19.1. The smallest absolute Gasteiger partial charge is 0.224 e. The van der Waals surface area contributed by atoms with Gasteiger partial charge in [0.1, 0.15) is 29.1 Å². The Labute approximate surface area is 163 Å². The van der Waals surface area contributed by atoms with Gasteiger partial charge >= 0.3 is 0 Å². The van der Waals surface area contributed by atoms with Crippen molar-refractivity contribution in [2.45, 2.75) is 32.6 Å². The van der Waals surface area contributed by atoms with E-state index in [1.807, 2.05) is 13.0 Å². The van der Waals surface area contributed by atoms with Crippen LogP contribution in [0.3, 0.4) is 0 Å². The molecular formula is C20H25F2N5O. The third-order valence-electron chi connectivity index (χ3n) is 4.62. The largest absolute Gasteiger partial charge is 0.368 e. The number of aryl methyl sites for hydroxylation is 1. The lowest BCUT2D eigenvalue weighted by Gasteiger charge is -2.28. The Kier molecular flexibility index (Phi) is 6.73. The van der Waals surface area contributed by atoms with Crippen molar-refractivity contribution in [3.05, 3.63) is 47.3 Å². The first-order valence-corrected chi connectivity index (χ1v) is 9.56. The van der Waals surface area contributed by atoms with Gasteiger partial charge in [-0.2, -0.15) is 0 Å². The molecule has 0 atom stereocenters. The van der Waals surface area contributed by atoms with Crippen molar-refractivity contribution in [2.75, 3.05) is 36.4 Å². The molecule has 1 aromatic carbocycles. The molecule has 28 heavy (non-hydrogen) atoms. The molecule has 1 saturated heterocycles. The second kappa shape index (κ2) is 9.43. The number of nitrogens with one attached hydrogen (secondary N) is 2. The quantitative estimate of drug-likeness (QED) is 0.713. The fraction of sp³-hybridized carbons (Fsp3) is 0.450. The maximum absolute atomic E-state index is 13.6. The van der Waals surface area contributed by atoms with E-state index in [-0.39, 0.29) is 17.9 Å². The number of anilines is 2. The number of hydrogen-bond donors (Lipinski definition) is 2. The topological polar surface area (TPSA) is 70.2 Å². The normalized spacial score (nSPS) is 14.0. The van der Waals surface area contributed by atoms with E-state index in [1.54, 1.807) is 0 Å². The number of hydrogen-bond acceptors (Lipinski definition) is 5. The molecule has 1 aliphatic heterocycles. The molecule has 6 nitrogen and oxygen atoms in total. The molecule has 2 N–H and O–H groups in total. The van der Waals surface area contributed by atoms with E-state index in [9.17, 15) is 13.6 Å². The van der Waals surface area contributed by atoms with Gasteiger partial charge in [0.05, 0.1) is 6.42 Å². The van der Waals surface area contributed by atoms with Gasteiger partial charge in [-0.05, 0) is 37.8 Å². The minimum Gasteiger partial charge on any atom is -0.368 e. The fourth-order valence-corrected chi connectivity index (χ4v) is 3.22. The third-order valence-corrected chi connectivity index (χ3v) is 4.62. The van der Waals surface area contributed by atoms with Crippen LogP contribution in [0.15, 0.2) is 24.3 Å². The second-order valence-electron chi connectivity index (χ2n) is 6.90. The Hall–Kier alpha value is -2.77. The summed E-state index contributed by atoms with van der Waals surface area (Å²) in [4.78, 5) is 23.1. The van der Waals surface area contributed by atoms with Crippen molar-refractivity contribution in [2.24, 2.45) is 0 Å². The summed E-state index contributed by atoms with van der Waals surface area (Å²) in [7, 11) is 0. The summed E-state index contributed by atoms with van der Waals surface area (Å²) >= 11 is 0. The van der Waals surface area contributed by atoms with Crippen molar-refractivity contribution >= 4 is 17.5 Å². The Bertz CT molecular complexity index is 824. The van der Waals surface area contributed by atoms with E-state index in [0.29, 0.717) is 24.7 Å². The lowest BCUT2D eigenvalue weighted by molar-refractivity contribution is -0.120. The molecule has 1 fully saturated rings. The number of nitrogens with zero attached hydrogens (tertiary/aromatic N) is 3. The number of piperidine rings is 1. The van der Waals surface area contributed by atoms with Gasteiger partial charge < -0.3 is 15.5 Å². The number of aromatic nitrogens is 2. The maximum Gasteiger partial charge on any atom is 0.224 e. The summed E-state index contributed by atoms with van der Waals surface area (Å²) in [5.41, 5.74) is 0.171. The van der Waals surface area contributed by atoms with Crippen LogP contribution in [0.5, 0.6) is 0 Å². The van der Waals surface area contributed by atoms with E-state index >= 15 is 0 Å². The van der Waals surface area contributed by atoms with Gasteiger partial charge in [0.25, 0.3) is 0 Å². The molecule has 2 aromatic rings. The van der Waals surface area contributed by atoms with Crippen molar-refractivity contribution in [3.63, 3.8) is 0 Å². The summed E-state index contributed by atoms with van der Waals surface area (Å²) in [6.07, 6.45) is 3.48. The van der Waals surface area contributed by atoms with Crippen LogP contribution in [-0.4, -0.2) is 42.1 Å². The molecule has 1 aliphatic rings. The van der Waals surface area contributed by atoms with E-state index in [4.69, 9.17) is 0 Å². The molecule has 3 rings (SSSR count). The fourth-order valence-electron chi connectivity index (χ4n) is 3.22. The molecule has 1 aromatic heterocycles. The van der Waals surface area contributed by atoms with E-state index in [0.717, 1.165) is 31.0 Å². The molecular weight excluding hydrogens is 364 g/mol. The van der Waals surface area contributed by atoms with Gasteiger partial charge in [0.15, 0.2) is 0 Å². The van der Waals surface area contributed by atoms with Crippen LogP contribution in [-0.2, 0) is 11.2 Å². The zero-order valence-electron chi connectivity index (χ0n) is 16.0. The molecule has 0 aliphatic carbocycles. The van der Waals surface area contributed by atoms with Crippen LogP contribution in [0.1, 0.15) is 30.7 Å². The molecule has 8 heteroatoms. The Morgan fingerprint density at radius 2 is 1.89 bits per heavy atom. The highest BCUT2D eigenvalue weighted by Crippen LogP contribution is 2.20. The zero-order chi connectivity index (χ0) is 19.9. The highest BCUT2D eigenvalue weighted by molar-refractivity contribution is 5.78. The Balaban J connectivity index is 1.47. The lowest BCUT2D eigenvalue weighted by Crippen LogP contribution is -2.31. The van der Waals surface area contributed by atoms with Gasteiger partial charge in [-0.1, -0.05) is 6.07 Å². The third kappa shape index (κ3) is 5.61. The minimum absolute atomic E-state index is 0.127. The number of carbonyl (C=O) groups excluding carboxylic acids is 1. The molecule has 0 unspecified atom stereocenters. The lowest BCUT2D eigenvalue weighted by atomic mass is 10.1. The van der Waals surface area contributed by atoms with Crippen molar-refractivity contribution in [1.82, 2.24) is 15.3 Å². The first kappa shape index (κ1) is 20.0. The average molecular weight is 389 g/mol. The predicted octanol–water partition coefficient (Wildman–Crippen LogP) is 2.82. The second-order valence-corrected chi connectivity index (χ2v) is 6.90. The van der Waals surface area contributed by atoms with Gasteiger partial charge in [-0.25, -0.2) is 18.7 Å².